The van der Waals surface area contributed by atoms with Crippen LogP contribution < -0.4 is 10.2 Å². The van der Waals surface area contributed by atoms with E-state index in [1.54, 1.807) is 19.1 Å². The maximum Gasteiger partial charge on any atom is 0.250 e. The Bertz CT molecular complexity index is 592. The summed E-state index contributed by atoms with van der Waals surface area (Å²) in [5.74, 6) is -0.286. The Morgan fingerprint density at radius 1 is 1.24 bits per heavy atom. The fourth-order valence-corrected chi connectivity index (χ4v) is 2.82. The number of rotatable bonds is 1. The van der Waals surface area contributed by atoms with Crippen LogP contribution in [-0.4, -0.2) is 23.9 Å². The molecule has 0 saturated carbocycles. The normalized spacial score (nSPS) is 23.2. The summed E-state index contributed by atoms with van der Waals surface area (Å²) in [6.07, 6.45) is 0. The van der Waals surface area contributed by atoms with Crippen LogP contribution in [0.4, 0.5) is 5.69 Å². The lowest BCUT2D eigenvalue weighted by Crippen LogP contribution is -2.66. The van der Waals surface area contributed by atoms with Gasteiger partial charge >= 0.3 is 0 Å². The quantitative estimate of drug-likeness (QED) is 0.867. The molecule has 4 nitrogen and oxygen atoms in total. The van der Waals surface area contributed by atoms with Crippen molar-refractivity contribution < 1.29 is 9.59 Å². The standard InChI is InChI=1S/C16H21ClN2O2/c1-9-6-7-12(11(17)8-9)19-10(2)14(20)18-13(15(19)21)16(3,4)5/h6-8,10,13H,1-5H3,(H,18,20). The van der Waals surface area contributed by atoms with Gasteiger partial charge in [0.05, 0.1) is 10.7 Å². The van der Waals surface area contributed by atoms with E-state index in [0.29, 0.717) is 10.7 Å². The van der Waals surface area contributed by atoms with E-state index in [0.717, 1.165) is 5.56 Å². The Kier molecular flexibility index (Phi) is 4.02. The van der Waals surface area contributed by atoms with Gasteiger partial charge in [0.2, 0.25) is 5.91 Å². The molecule has 1 fully saturated rings. The highest BCUT2D eigenvalue weighted by Crippen LogP contribution is 2.33. The maximum atomic E-state index is 12.8. The molecule has 2 atom stereocenters. The van der Waals surface area contributed by atoms with E-state index >= 15 is 0 Å². The first-order chi connectivity index (χ1) is 9.62. The third-order valence-electron chi connectivity index (χ3n) is 3.77. The lowest BCUT2D eigenvalue weighted by molar-refractivity contribution is -0.136. The Hall–Kier alpha value is -1.55. The lowest BCUT2D eigenvalue weighted by atomic mass is 9.84. The summed E-state index contributed by atoms with van der Waals surface area (Å²) in [7, 11) is 0. The maximum absolute atomic E-state index is 12.8. The zero-order chi connectivity index (χ0) is 15.9. The number of carbonyl (C=O) groups excluding carboxylic acids is 2. The average molecular weight is 309 g/mol. The van der Waals surface area contributed by atoms with Crippen molar-refractivity contribution in [1.29, 1.82) is 0 Å². The molecule has 5 heteroatoms. The van der Waals surface area contributed by atoms with Gasteiger partial charge in [0.15, 0.2) is 0 Å². The second kappa shape index (κ2) is 5.34. The summed E-state index contributed by atoms with van der Waals surface area (Å²) < 4.78 is 0. The highest BCUT2D eigenvalue weighted by atomic mass is 35.5. The van der Waals surface area contributed by atoms with Gasteiger partial charge in [0.1, 0.15) is 12.1 Å². The number of hydrogen-bond acceptors (Lipinski definition) is 2. The Morgan fingerprint density at radius 3 is 2.38 bits per heavy atom. The largest absolute Gasteiger partial charge is 0.342 e. The fraction of sp³-hybridized carbons (Fsp3) is 0.500. The molecule has 1 N–H and O–H groups in total. The van der Waals surface area contributed by atoms with Crippen molar-refractivity contribution in [2.45, 2.75) is 46.7 Å². The van der Waals surface area contributed by atoms with Gasteiger partial charge in [-0.15, -0.1) is 0 Å². The third kappa shape index (κ3) is 2.91. The number of hydrogen-bond donors (Lipinski definition) is 1. The van der Waals surface area contributed by atoms with Crippen LogP contribution in [0.5, 0.6) is 0 Å². The number of nitrogens with zero attached hydrogens (tertiary/aromatic N) is 1. The number of piperazine rings is 1. The van der Waals surface area contributed by atoms with Gasteiger partial charge in [-0.25, -0.2) is 0 Å². The summed E-state index contributed by atoms with van der Waals surface area (Å²) in [4.78, 5) is 26.5. The molecule has 1 aromatic rings. The zero-order valence-electron chi connectivity index (χ0n) is 13.0. The number of nitrogens with one attached hydrogen (secondary N) is 1. The minimum atomic E-state index is -0.573. The van der Waals surface area contributed by atoms with E-state index < -0.39 is 12.1 Å². The second-order valence-corrected chi connectivity index (χ2v) is 7.05. The molecule has 1 aliphatic heterocycles. The second-order valence-electron chi connectivity index (χ2n) is 6.65. The molecule has 1 aromatic carbocycles. The van der Waals surface area contributed by atoms with Crippen LogP contribution >= 0.6 is 11.6 Å². The first-order valence-electron chi connectivity index (χ1n) is 7.02. The lowest BCUT2D eigenvalue weighted by Gasteiger charge is -2.42. The monoisotopic (exact) mass is 308 g/mol. The van der Waals surface area contributed by atoms with Crippen LogP contribution in [-0.2, 0) is 9.59 Å². The van der Waals surface area contributed by atoms with Crippen LogP contribution in [0.1, 0.15) is 33.3 Å². The summed E-state index contributed by atoms with van der Waals surface area (Å²) >= 11 is 6.28. The minimum Gasteiger partial charge on any atom is -0.342 e. The fourth-order valence-electron chi connectivity index (χ4n) is 2.49. The highest BCUT2D eigenvalue weighted by molar-refractivity contribution is 6.34. The van der Waals surface area contributed by atoms with Crippen molar-refractivity contribution in [1.82, 2.24) is 5.32 Å². The molecular weight excluding hydrogens is 288 g/mol. The topological polar surface area (TPSA) is 49.4 Å². The van der Waals surface area contributed by atoms with Crippen molar-refractivity contribution in [2.24, 2.45) is 5.41 Å². The van der Waals surface area contributed by atoms with E-state index in [9.17, 15) is 9.59 Å². The highest BCUT2D eigenvalue weighted by Gasteiger charge is 2.44. The molecule has 0 spiro atoms. The van der Waals surface area contributed by atoms with Crippen molar-refractivity contribution in [3.05, 3.63) is 28.8 Å². The SMILES string of the molecule is Cc1ccc(N2C(=O)C(C(C)(C)C)NC(=O)C2C)c(Cl)c1. The first kappa shape index (κ1) is 15.8. The van der Waals surface area contributed by atoms with Crippen LogP contribution in [0.25, 0.3) is 0 Å². The molecule has 2 rings (SSSR count). The molecule has 21 heavy (non-hydrogen) atoms. The van der Waals surface area contributed by atoms with Crippen molar-refractivity contribution in [3.63, 3.8) is 0 Å². The van der Waals surface area contributed by atoms with Crippen molar-refractivity contribution >= 4 is 29.1 Å². The molecule has 2 amide bonds. The number of benzene rings is 1. The number of amides is 2. The van der Waals surface area contributed by atoms with Gasteiger partial charge in [-0.2, -0.15) is 0 Å². The van der Waals surface area contributed by atoms with E-state index in [-0.39, 0.29) is 17.2 Å². The average Bonchev–Trinajstić information content (AvgIpc) is 2.35. The van der Waals surface area contributed by atoms with Crippen molar-refractivity contribution in [3.8, 4) is 0 Å². The predicted molar refractivity (Wildman–Crippen MR) is 84.5 cm³/mol. The molecule has 0 aromatic heterocycles. The summed E-state index contributed by atoms with van der Waals surface area (Å²) in [6.45, 7) is 9.44. The van der Waals surface area contributed by atoms with Gasteiger partial charge < -0.3 is 5.32 Å². The molecule has 0 bridgehead atoms. The summed E-state index contributed by atoms with van der Waals surface area (Å²) in [6, 6.07) is 4.36. The van der Waals surface area contributed by atoms with E-state index in [1.807, 2.05) is 33.8 Å². The predicted octanol–water partition coefficient (Wildman–Crippen LogP) is 2.91. The van der Waals surface area contributed by atoms with Crippen LogP contribution in [0, 0.1) is 12.3 Å². The molecule has 1 saturated heterocycles. The van der Waals surface area contributed by atoms with Gasteiger partial charge in [0.25, 0.3) is 5.91 Å². The van der Waals surface area contributed by atoms with Crippen LogP contribution in [0.3, 0.4) is 0 Å². The summed E-state index contributed by atoms with van der Waals surface area (Å²) in [5.41, 5.74) is 1.24. The number of aryl methyl sites for hydroxylation is 1. The number of anilines is 1. The molecular formula is C16H21ClN2O2. The van der Waals surface area contributed by atoms with Gasteiger partial charge in [-0.3, -0.25) is 14.5 Å². The van der Waals surface area contributed by atoms with Gasteiger partial charge in [-0.05, 0) is 37.0 Å². The Balaban J connectivity index is 2.48. The van der Waals surface area contributed by atoms with E-state index in [2.05, 4.69) is 5.32 Å². The van der Waals surface area contributed by atoms with Gasteiger partial charge in [0, 0.05) is 0 Å². The first-order valence-corrected chi connectivity index (χ1v) is 7.40. The molecule has 0 aliphatic carbocycles. The molecule has 2 unspecified atom stereocenters. The minimum absolute atomic E-state index is 0.125. The van der Waals surface area contributed by atoms with E-state index in [1.165, 1.54) is 4.90 Å². The van der Waals surface area contributed by atoms with Crippen LogP contribution in [0.2, 0.25) is 5.02 Å². The summed E-state index contributed by atoms with van der Waals surface area (Å²) in [5, 5.41) is 3.30. The zero-order valence-corrected chi connectivity index (χ0v) is 13.8. The smallest absolute Gasteiger partial charge is 0.250 e. The van der Waals surface area contributed by atoms with Crippen molar-refractivity contribution in [2.75, 3.05) is 4.90 Å². The number of carbonyl (C=O) groups is 2. The molecule has 1 heterocycles. The van der Waals surface area contributed by atoms with E-state index in [4.69, 9.17) is 11.6 Å². The Morgan fingerprint density at radius 2 is 1.86 bits per heavy atom. The molecule has 114 valence electrons. The molecule has 1 aliphatic rings. The van der Waals surface area contributed by atoms with Gasteiger partial charge in [-0.1, -0.05) is 38.4 Å². The number of halogens is 1. The Labute approximate surface area is 130 Å². The molecule has 0 radical (unpaired) electrons. The van der Waals surface area contributed by atoms with Crippen LogP contribution in [0.15, 0.2) is 18.2 Å². The third-order valence-corrected chi connectivity index (χ3v) is 4.07.